The van der Waals surface area contributed by atoms with Crippen molar-refractivity contribution < 1.29 is 9.84 Å². The van der Waals surface area contributed by atoms with Gasteiger partial charge in [0.05, 0.1) is 0 Å². The molecule has 0 N–H and O–H groups in total. The molecular weight excluding hydrogens is 164 g/mol. The van der Waals surface area contributed by atoms with Gasteiger partial charge in [0.15, 0.2) is 0 Å². The molecule has 71 valence electrons. The maximum atomic E-state index is 11.2. The summed E-state index contributed by atoms with van der Waals surface area (Å²) in [5.41, 5.74) is 0. The van der Waals surface area contributed by atoms with Crippen molar-refractivity contribution in [3.63, 3.8) is 0 Å². The second-order valence-corrected chi connectivity index (χ2v) is 3.00. The van der Waals surface area contributed by atoms with Crippen LogP contribution in [0.3, 0.4) is 0 Å². The van der Waals surface area contributed by atoms with Gasteiger partial charge in [-0.15, -0.1) is 0 Å². The van der Waals surface area contributed by atoms with Crippen LogP contribution in [0.1, 0.15) is 26.2 Å². The molecule has 1 radical (unpaired) electrons. The molecule has 0 aliphatic carbocycles. The Morgan fingerprint density at radius 1 is 1.31 bits per heavy atom. The molecule has 13 heavy (non-hydrogen) atoms. The first kappa shape index (κ1) is 10.1. The quantitative estimate of drug-likeness (QED) is 0.639. The lowest BCUT2D eigenvalue weighted by Crippen LogP contribution is -2.13. The Hall–Kier alpha value is -1.02. The largest absolute Gasteiger partial charge is 0.462 e. The van der Waals surface area contributed by atoms with Gasteiger partial charge in [0.2, 0.25) is 6.29 Å². The summed E-state index contributed by atoms with van der Waals surface area (Å²) in [5.74, 6) is 0.665. The van der Waals surface area contributed by atoms with Crippen LogP contribution in [0.25, 0.3) is 0 Å². The van der Waals surface area contributed by atoms with Crippen molar-refractivity contribution in [2.45, 2.75) is 32.5 Å². The van der Waals surface area contributed by atoms with Crippen LogP contribution >= 0.6 is 0 Å². The molecule has 0 spiro atoms. The van der Waals surface area contributed by atoms with Crippen LogP contribution in [0.2, 0.25) is 0 Å². The molecule has 1 atom stereocenters. The van der Waals surface area contributed by atoms with Gasteiger partial charge in [0, 0.05) is 6.42 Å². The van der Waals surface area contributed by atoms with Crippen LogP contribution < -0.4 is 4.74 Å². The standard InChI is InChI=1S/C11H15O2/c1-2-3-9-11(12)13-10-7-5-4-6-8-10/h4-8,11H,2-3,9H2,1H3. The van der Waals surface area contributed by atoms with Crippen molar-refractivity contribution in [1.82, 2.24) is 0 Å². The van der Waals surface area contributed by atoms with E-state index in [2.05, 4.69) is 6.92 Å². The van der Waals surface area contributed by atoms with E-state index in [0.29, 0.717) is 12.2 Å². The number of hydrogen-bond acceptors (Lipinski definition) is 1. The van der Waals surface area contributed by atoms with Gasteiger partial charge in [-0.1, -0.05) is 31.5 Å². The molecule has 0 aliphatic rings. The molecule has 1 aromatic rings. The number of benzene rings is 1. The molecule has 0 bridgehead atoms. The molecule has 0 fully saturated rings. The first-order valence-electron chi connectivity index (χ1n) is 4.70. The van der Waals surface area contributed by atoms with E-state index in [1.54, 1.807) is 12.1 Å². The Bertz CT molecular complexity index is 221. The maximum Gasteiger partial charge on any atom is 0.231 e. The van der Waals surface area contributed by atoms with E-state index in [1.165, 1.54) is 0 Å². The number of rotatable bonds is 5. The second-order valence-electron chi connectivity index (χ2n) is 3.00. The highest BCUT2D eigenvalue weighted by molar-refractivity contribution is 5.20. The Balaban J connectivity index is 2.32. The fourth-order valence-corrected chi connectivity index (χ4v) is 1.08. The monoisotopic (exact) mass is 179 g/mol. The van der Waals surface area contributed by atoms with Crippen molar-refractivity contribution in [1.29, 1.82) is 0 Å². The lowest BCUT2D eigenvalue weighted by Gasteiger charge is -2.10. The van der Waals surface area contributed by atoms with E-state index < -0.39 is 6.29 Å². The molecule has 1 rings (SSSR count). The van der Waals surface area contributed by atoms with Gasteiger partial charge in [-0.25, -0.2) is 0 Å². The lowest BCUT2D eigenvalue weighted by molar-refractivity contribution is -0.0764. The molecule has 0 heterocycles. The summed E-state index contributed by atoms with van der Waals surface area (Å²) >= 11 is 0. The van der Waals surface area contributed by atoms with Crippen LogP contribution in [0.5, 0.6) is 5.75 Å². The minimum atomic E-state index is -0.914. The summed E-state index contributed by atoms with van der Waals surface area (Å²) in [6.07, 6.45) is 1.64. The third-order valence-electron chi connectivity index (χ3n) is 1.80. The highest BCUT2D eigenvalue weighted by Gasteiger charge is 2.05. The van der Waals surface area contributed by atoms with Gasteiger partial charge >= 0.3 is 0 Å². The van der Waals surface area contributed by atoms with Gasteiger partial charge in [0.25, 0.3) is 0 Å². The molecule has 0 saturated carbocycles. The van der Waals surface area contributed by atoms with Crippen molar-refractivity contribution in [3.05, 3.63) is 30.3 Å². The number of para-hydroxylation sites is 1. The zero-order valence-electron chi connectivity index (χ0n) is 7.90. The van der Waals surface area contributed by atoms with Crippen molar-refractivity contribution in [2.75, 3.05) is 0 Å². The highest BCUT2D eigenvalue weighted by Crippen LogP contribution is 2.12. The molecule has 2 nitrogen and oxygen atoms in total. The van der Waals surface area contributed by atoms with E-state index in [0.717, 1.165) is 12.8 Å². The highest BCUT2D eigenvalue weighted by atomic mass is 16.6. The van der Waals surface area contributed by atoms with Gasteiger partial charge in [-0.3, -0.25) is 0 Å². The van der Waals surface area contributed by atoms with E-state index in [4.69, 9.17) is 4.74 Å². The molecular formula is C11H15O2. The summed E-state index contributed by atoms with van der Waals surface area (Å²) in [6, 6.07) is 9.23. The number of hydrogen-bond donors (Lipinski definition) is 0. The van der Waals surface area contributed by atoms with Gasteiger partial charge in [-0.2, -0.15) is 5.11 Å². The molecule has 1 aromatic carbocycles. The first-order valence-corrected chi connectivity index (χ1v) is 4.70. The lowest BCUT2D eigenvalue weighted by atomic mass is 10.2. The Kier molecular flexibility index (Phi) is 4.33. The third kappa shape index (κ3) is 3.95. The van der Waals surface area contributed by atoms with Crippen LogP contribution in [0.4, 0.5) is 0 Å². The fraction of sp³-hybridized carbons (Fsp3) is 0.455. The van der Waals surface area contributed by atoms with Crippen molar-refractivity contribution in [3.8, 4) is 5.75 Å². The van der Waals surface area contributed by atoms with Crippen LogP contribution in [-0.2, 0) is 5.11 Å². The summed E-state index contributed by atoms with van der Waals surface area (Å²) in [7, 11) is 0. The SMILES string of the molecule is CCCCC([O])Oc1ccccc1. The van der Waals surface area contributed by atoms with Crippen LogP contribution in [0, 0.1) is 0 Å². The van der Waals surface area contributed by atoms with Gasteiger partial charge in [-0.05, 0) is 18.6 Å². The molecule has 0 amide bonds. The minimum Gasteiger partial charge on any atom is -0.462 e. The average Bonchev–Trinajstić information content (AvgIpc) is 2.16. The third-order valence-corrected chi connectivity index (χ3v) is 1.80. The summed E-state index contributed by atoms with van der Waals surface area (Å²) in [5, 5.41) is 11.2. The molecule has 1 unspecified atom stereocenters. The average molecular weight is 179 g/mol. The molecule has 0 aliphatic heterocycles. The van der Waals surface area contributed by atoms with Crippen molar-refractivity contribution >= 4 is 0 Å². The molecule has 0 saturated heterocycles. The van der Waals surface area contributed by atoms with E-state index in [1.807, 2.05) is 18.2 Å². The molecule has 2 heteroatoms. The Morgan fingerprint density at radius 2 is 2.00 bits per heavy atom. The van der Waals surface area contributed by atoms with Gasteiger partial charge in [0.1, 0.15) is 5.75 Å². The van der Waals surface area contributed by atoms with E-state index >= 15 is 0 Å². The predicted molar refractivity (Wildman–Crippen MR) is 51.1 cm³/mol. The second kappa shape index (κ2) is 5.60. The maximum absolute atomic E-state index is 11.2. The summed E-state index contributed by atoms with van der Waals surface area (Å²) < 4.78 is 5.16. The van der Waals surface area contributed by atoms with Crippen LogP contribution in [0.15, 0.2) is 30.3 Å². The van der Waals surface area contributed by atoms with E-state index in [9.17, 15) is 5.11 Å². The minimum absolute atomic E-state index is 0.589. The number of ether oxygens (including phenoxy) is 1. The number of unbranched alkanes of at least 4 members (excludes halogenated alkanes) is 1. The van der Waals surface area contributed by atoms with Gasteiger partial charge < -0.3 is 4.74 Å². The van der Waals surface area contributed by atoms with Crippen LogP contribution in [-0.4, -0.2) is 6.29 Å². The smallest absolute Gasteiger partial charge is 0.231 e. The Morgan fingerprint density at radius 3 is 2.62 bits per heavy atom. The summed E-state index contributed by atoms with van der Waals surface area (Å²) in [6.45, 7) is 2.06. The normalized spacial score (nSPS) is 12.5. The predicted octanol–water partition coefficient (Wildman–Crippen LogP) is 3.01. The first-order chi connectivity index (χ1) is 6.33. The zero-order chi connectivity index (χ0) is 9.52. The summed E-state index contributed by atoms with van der Waals surface area (Å²) in [4.78, 5) is 0. The molecule has 0 aromatic heterocycles. The zero-order valence-corrected chi connectivity index (χ0v) is 7.90. The topological polar surface area (TPSA) is 29.1 Å². The fourth-order valence-electron chi connectivity index (χ4n) is 1.08. The van der Waals surface area contributed by atoms with E-state index in [-0.39, 0.29) is 0 Å². The Labute approximate surface area is 79.2 Å². The van der Waals surface area contributed by atoms with Crippen molar-refractivity contribution in [2.24, 2.45) is 0 Å².